The van der Waals surface area contributed by atoms with Crippen LogP contribution in [0.3, 0.4) is 0 Å². The predicted molar refractivity (Wildman–Crippen MR) is 91.7 cm³/mol. The molecule has 0 saturated carbocycles. The molecule has 1 heterocycles. The topological polar surface area (TPSA) is 86.1 Å². The molecule has 0 aliphatic rings. The lowest BCUT2D eigenvalue weighted by atomic mass is 10.2. The standard InChI is InChI=1S/C17H24N4O3/c1-13(2)24-12-6-10-18-16(22)9-5-11-21-17(23)14-7-3-4-8-15(14)19-20-21/h3-4,7-8,13H,5-6,9-12H2,1-2H3,(H,18,22). The highest BCUT2D eigenvalue weighted by Crippen LogP contribution is 2.03. The number of carbonyl (C=O) groups excluding carboxylic acids is 1. The third kappa shape index (κ3) is 5.42. The van der Waals surface area contributed by atoms with E-state index in [9.17, 15) is 9.59 Å². The van der Waals surface area contributed by atoms with Gasteiger partial charge in [-0.3, -0.25) is 9.59 Å². The summed E-state index contributed by atoms with van der Waals surface area (Å²) < 4.78 is 6.72. The van der Waals surface area contributed by atoms with Gasteiger partial charge in [0.1, 0.15) is 5.52 Å². The monoisotopic (exact) mass is 332 g/mol. The van der Waals surface area contributed by atoms with E-state index in [1.165, 1.54) is 4.68 Å². The Morgan fingerprint density at radius 1 is 1.29 bits per heavy atom. The van der Waals surface area contributed by atoms with Gasteiger partial charge >= 0.3 is 0 Å². The highest BCUT2D eigenvalue weighted by Gasteiger charge is 2.06. The zero-order chi connectivity index (χ0) is 17.4. The van der Waals surface area contributed by atoms with E-state index in [2.05, 4.69) is 15.6 Å². The minimum atomic E-state index is -0.174. The van der Waals surface area contributed by atoms with E-state index in [0.29, 0.717) is 43.4 Å². The number of ether oxygens (including phenoxy) is 1. The Bertz CT molecular complexity index is 727. The Hall–Kier alpha value is -2.28. The summed E-state index contributed by atoms with van der Waals surface area (Å²) in [4.78, 5) is 24.0. The molecule has 0 radical (unpaired) electrons. The summed E-state index contributed by atoms with van der Waals surface area (Å²) in [5.74, 6) is -0.0265. The molecule has 0 aliphatic heterocycles. The Morgan fingerprint density at radius 3 is 2.88 bits per heavy atom. The minimum Gasteiger partial charge on any atom is -0.379 e. The number of carbonyl (C=O) groups is 1. The van der Waals surface area contributed by atoms with Crippen LogP contribution in [0, 0.1) is 0 Å². The average Bonchev–Trinajstić information content (AvgIpc) is 2.56. The second-order valence-electron chi connectivity index (χ2n) is 5.86. The third-order valence-corrected chi connectivity index (χ3v) is 3.50. The first-order valence-electron chi connectivity index (χ1n) is 8.29. The van der Waals surface area contributed by atoms with Crippen molar-refractivity contribution < 1.29 is 9.53 Å². The van der Waals surface area contributed by atoms with E-state index in [0.717, 1.165) is 6.42 Å². The van der Waals surface area contributed by atoms with Crippen molar-refractivity contribution in [3.8, 4) is 0 Å². The summed E-state index contributed by atoms with van der Waals surface area (Å²) in [7, 11) is 0. The molecule has 1 amide bonds. The number of hydrogen-bond acceptors (Lipinski definition) is 5. The lowest BCUT2D eigenvalue weighted by molar-refractivity contribution is -0.121. The van der Waals surface area contributed by atoms with Crippen molar-refractivity contribution in [1.29, 1.82) is 0 Å². The van der Waals surface area contributed by atoms with Crippen LogP contribution in [0.2, 0.25) is 0 Å². The number of aromatic nitrogens is 3. The SMILES string of the molecule is CC(C)OCCCNC(=O)CCCn1nnc2ccccc2c1=O. The molecule has 0 saturated heterocycles. The molecule has 2 rings (SSSR count). The zero-order valence-electron chi connectivity index (χ0n) is 14.2. The largest absolute Gasteiger partial charge is 0.379 e. The van der Waals surface area contributed by atoms with Gasteiger partial charge in [0, 0.05) is 26.1 Å². The summed E-state index contributed by atoms with van der Waals surface area (Å²) in [6, 6.07) is 7.10. The lowest BCUT2D eigenvalue weighted by Gasteiger charge is -2.08. The van der Waals surface area contributed by atoms with Crippen LogP contribution in [0.25, 0.3) is 10.9 Å². The fourth-order valence-corrected chi connectivity index (χ4v) is 2.27. The quantitative estimate of drug-likeness (QED) is 0.703. The van der Waals surface area contributed by atoms with Gasteiger partial charge in [0.25, 0.3) is 5.56 Å². The van der Waals surface area contributed by atoms with Crippen molar-refractivity contribution in [2.24, 2.45) is 0 Å². The lowest BCUT2D eigenvalue weighted by Crippen LogP contribution is -2.27. The molecule has 0 atom stereocenters. The first-order chi connectivity index (χ1) is 11.6. The number of nitrogens with one attached hydrogen (secondary N) is 1. The molecule has 130 valence electrons. The second kappa shape index (κ2) is 9.12. The molecule has 7 nitrogen and oxygen atoms in total. The molecule has 0 fully saturated rings. The maximum absolute atomic E-state index is 12.2. The first kappa shape index (κ1) is 18.1. The van der Waals surface area contributed by atoms with Gasteiger partial charge in [0.05, 0.1) is 11.5 Å². The van der Waals surface area contributed by atoms with E-state index in [4.69, 9.17) is 4.74 Å². The van der Waals surface area contributed by atoms with E-state index in [1.807, 2.05) is 19.9 Å². The fourth-order valence-electron chi connectivity index (χ4n) is 2.27. The number of fused-ring (bicyclic) bond motifs is 1. The van der Waals surface area contributed by atoms with Crippen molar-refractivity contribution in [3.05, 3.63) is 34.6 Å². The second-order valence-corrected chi connectivity index (χ2v) is 5.86. The van der Waals surface area contributed by atoms with Crippen molar-refractivity contribution in [2.75, 3.05) is 13.2 Å². The predicted octanol–water partition coefficient (Wildman–Crippen LogP) is 1.50. The van der Waals surface area contributed by atoms with Crippen LogP contribution < -0.4 is 10.9 Å². The zero-order valence-corrected chi connectivity index (χ0v) is 14.2. The molecule has 24 heavy (non-hydrogen) atoms. The third-order valence-electron chi connectivity index (χ3n) is 3.50. The normalized spacial score (nSPS) is 11.1. The van der Waals surface area contributed by atoms with Crippen molar-refractivity contribution in [1.82, 2.24) is 20.3 Å². The molecule has 2 aromatic rings. The van der Waals surface area contributed by atoms with E-state index in [1.54, 1.807) is 18.2 Å². The molecular formula is C17H24N4O3. The van der Waals surface area contributed by atoms with Gasteiger partial charge < -0.3 is 10.1 Å². The maximum atomic E-state index is 12.2. The van der Waals surface area contributed by atoms with Gasteiger partial charge in [-0.1, -0.05) is 17.3 Å². The average molecular weight is 332 g/mol. The van der Waals surface area contributed by atoms with Crippen molar-refractivity contribution in [2.45, 2.75) is 45.8 Å². The van der Waals surface area contributed by atoms with Gasteiger partial charge in [0.2, 0.25) is 5.91 Å². The summed E-state index contributed by atoms with van der Waals surface area (Å²) >= 11 is 0. The molecule has 1 aromatic carbocycles. The number of amides is 1. The smallest absolute Gasteiger partial charge is 0.277 e. The minimum absolute atomic E-state index is 0.0265. The molecule has 1 aromatic heterocycles. The van der Waals surface area contributed by atoms with Gasteiger partial charge in [-0.05, 0) is 38.8 Å². The summed E-state index contributed by atoms with van der Waals surface area (Å²) in [6.45, 7) is 5.58. The molecule has 0 spiro atoms. The number of aryl methyl sites for hydroxylation is 1. The summed E-state index contributed by atoms with van der Waals surface area (Å²) in [6.07, 6.45) is 1.90. The van der Waals surface area contributed by atoms with Crippen molar-refractivity contribution >= 4 is 16.8 Å². The molecular weight excluding hydrogens is 308 g/mol. The highest BCUT2D eigenvalue weighted by molar-refractivity contribution is 5.76. The Balaban J connectivity index is 1.73. The van der Waals surface area contributed by atoms with Crippen LogP contribution in [0.5, 0.6) is 0 Å². The Kier molecular flexibility index (Phi) is 6.87. The summed E-state index contributed by atoms with van der Waals surface area (Å²) in [5, 5.41) is 11.3. The molecule has 1 N–H and O–H groups in total. The van der Waals surface area contributed by atoms with E-state index < -0.39 is 0 Å². The van der Waals surface area contributed by atoms with Gasteiger partial charge in [-0.15, -0.1) is 5.10 Å². The van der Waals surface area contributed by atoms with Crippen LogP contribution in [0.1, 0.15) is 33.1 Å². The maximum Gasteiger partial charge on any atom is 0.277 e. The molecule has 0 bridgehead atoms. The van der Waals surface area contributed by atoms with Crippen LogP contribution >= 0.6 is 0 Å². The summed E-state index contributed by atoms with van der Waals surface area (Å²) in [5.41, 5.74) is 0.409. The Labute approximate surface area is 141 Å². The molecule has 7 heteroatoms. The number of hydrogen-bond donors (Lipinski definition) is 1. The van der Waals surface area contributed by atoms with Crippen LogP contribution in [0.4, 0.5) is 0 Å². The first-order valence-corrected chi connectivity index (χ1v) is 8.29. The van der Waals surface area contributed by atoms with Gasteiger partial charge in [-0.25, -0.2) is 4.68 Å². The van der Waals surface area contributed by atoms with Crippen LogP contribution in [-0.2, 0) is 16.1 Å². The molecule has 0 unspecified atom stereocenters. The van der Waals surface area contributed by atoms with Gasteiger partial charge in [-0.2, -0.15) is 0 Å². The highest BCUT2D eigenvalue weighted by atomic mass is 16.5. The fraction of sp³-hybridized carbons (Fsp3) is 0.529. The Morgan fingerprint density at radius 2 is 2.08 bits per heavy atom. The van der Waals surface area contributed by atoms with Crippen LogP contribution in [-0.4, -0.2) is 40.2 Å². The van der Waals surface area contributed by atoms with E-state index >= 15 is 0 Å². The number of rotatable bonds is 9. The number of nitrogens with zero attached hydrogens (tertiary/aromatic N) is 3. The van der Waals surface area contributed by atoms with E-state index in [-0.39, 0.29) is 17.6 Å². The van der Waals surface area contributed by atoms with Gasteiger partial charge in [0.15, 0.2) is 0 Å². The number of benzene rings is 1. The van der Waals surface area contributed by atoms with Crippen LogP contribution in [0.15, 0.2) is 29.1 Å². The molecule has 0 aliphatic carbocycles. The van der Waals surface area contributed by atoms with Crippen molar-refractivity contribution in [3.63, 3.8) is 0 Å².